The number of carbonyl (C=O) groups is 1. The van der Waals surface area contributed by atoms with Gasteiger partial charge in [-0.05, 0) is 26.0 Å². The number of nitrogens with one attached hydrogen (secondary N) is 1. The highest BCUT2D eigenvalue weighted by atomic mass is 16.5. The number of hydrogen-bond donors (Lipinski definition) is 1. The maximum Gasteiger partial charge on any atom is 0.322 e. The molecular weight excluding hydrogens is 272 g/mol. The largest absolute Gasteiger partial charge is 0.497 e. The Bertz CT molecular complexity index is 496. The molecular formula is C15H22N2O4. The van der Waals surface area contributed by atoms with E-state index in [1.54, 1.807) is 37.3 Å². The standard InChI is InChI=1S/C15H22N2O4/c1-10-8-17(9-11(2)21-10)15(18)16-13-7-12(19-3)5-6-14(13)20-4/h5-7,10-11H,8-9H2,1-4H3,(H,16,18)/t10-,11-/m1/s1. The Morgan fingerprint density at radius 1 is 1.24 bits per heavy atom. The van der Waals surface area contributed by atoms with Crippen molar-refractivity contribution in [3.8, 4) is 11.5 Å². The van der Waals surface area contributed by atoms with Gasteiger partial charge in [-0.1, -0.05) is 0 Å². The van der Waals surface area contributed by atoms with Crippen LogP contribution in [-0.4, -0.2) is 50.4 Å². The van der Waals surface area contributed by atoms with Gasteiger partial charge in [-0.3, -0.25) is 0 Å². The van der Waals surface area contributed by atoms with Crippen molar-refractivity contribution in [1.82, 2.24) is 4.90 Å². The minimum Gasteiger partial charge on any atom is -0.497 e. The summed E-state index contributed by atoms with van der Waals surface area (Å²) in [7, 11) is 3.15. The Hall–Kier alpha value is -1.95. The number of morpholine rings is 1. The molecule has 21 heavy (non-hydrogen) atoms. The van der Waals surface area contributed by atoms with E-state index in [2.05, 4.69) is 5.32 Å². The number of amides is 2. The van der Waals surface area contributed by atoms with Crippen molar-refractivity contribution in [3.63, 3.8) is 0 Å². The highest BCUT2D eigenvalue weighted by Gasteiger charge is 2.26. The molecule has 1 aromatic rings. The number of urea groups is 1. The number of methoxy groups -OCH3 is 2. The van der Waals surface area contributed by atoms with Crippen LogP contribution in [0.5, 0.6) is 11.5 Å². The van der Waals surface area contributed by atoms with E-state index in [1.807, 2.05) is 13.8 Å². The summed E-state index contributed by atoms with van der Waals surface area (Å²) < 4.78 is 16.1. The van der Waals surface area contributed by atoms with Crippen LogP contribution in [0.4, 0.5) is 10.5 Å². The number of nitrogens with zero attached hydrogens (tertiary/aromatic N) is 1. The highest BCUT2D eigenvalue weighted by molar-refractivity contribution is 5.91. The van der Waals surface area contributed by atoms with E-state index in [0.717, 1.165) is 0 Å². The van der Waals surface area contributed by atoms with Gasteiger partial charge in [-0.25, -0.2) is 4.79 Å². The molecule has 0 aromatic heterocycles. The predicted molar refractivity (Wildman–Crippen MR) is 80.1 cm³/mol. The fraction of sp³-hybridized carbons (Fsp3) is 0.533. The topological polar surface area (TPSA) is 60.0 Å². The average molecular weight is 294 g/mol. The molecule has 0 unspecified atom stereocenters. The van der Waals surface area contributed by atoms with Crippen LogP contribution in [0.15, 0.2) is 18.2 Å². The molecule has 1 aromatic carbocycles. The normalized spacial score (nSPS) is 21.8. The van der Waals surface area contributed by atoms with Crippen molar-refractivity contribution in [2.24, 2.45) is 0 Å². The number of benzene rings is 1. The first-order chi connectivity index (χ1) is 10.0. The quantitative estimate of drug-likeness (QED) is 0.929. The van der Waals surface area contributed by atoms with Crippen molar-refractivity contribution in [2.75, 3.05) is 32.6 Å². The van der Waals surface area contributed by atoms with Gasteiger partial charge in [-0.15, -0.1) is 0 Å². The monoisotopic (exact) mass is 294 g/mol. The van der Waals surface area contributed by atoms with E-state index in [-0.39, 0.29) is 18.2 Å². The van der Waals surface area contributed by atoms with E-state index in [4.69, 9.17) is 14.2 Å². The lowest BCUT2D eigenvalue weighted by atomic mass is 10.2. The van der Waals surface area contributed by atoms with Gasteiger partial charge in [0.2, 0.25) is 0 Å². The summed E-state index contributed by atoms with van der Waals surface area (Å²) in [6, 6.07) is 5.12. The minimum absolute atomic E-state index is 0.0340. The van der Waals surface area contributed by atoms with Crippen LogP contribution < -0.4 is 14.8 Å². The van der Waals surface area contributed by atoms with E-state index in [1.165, 1.54) is 0 Å². The number of rotatable bonds is 3. The Labute approximate surface area is 125 Å². The number of anilines is 1. The number of ether oxygens (including phenoxy) is 3. The van der Waals surface area contributed by atoms with Crippen LogP contribution in [0.3, 0.4) is 0 Å². The van der Waals surface area contributed by atoms with Gasteiger partial charge < -0.3 is 24.4 Å². The SMILES string of the molecule is COc1ccc(OC)c(NC(=O)N2C[C@@H](C)O[C@H](C)C2)c1. The zero-order valence-corrected chi connectivity index (χ0v) is 12.9. The molecule has 1 aliphatic heterocycles. The third-order valence-electron chi connectivity index (χ3n) is 3.36. The Morgan fingerprint density at radius 2 is 1.90 bits per heavy atom. The number of hydrogen-bond acceptors (Lipinski definition) is 4. The second-order valence-electron chi connectivity index (χ2n) is 5.16. The smallest absolute Gasteiger partial charge is 0.322 e. The first-order valence-corrected chi connectivity index (χ1v) is 6.97. The summed E-state index contributed by atoms with van der Waals surface area (Å²) in [5, 5.41) is 2.87. The van der Waals surface area contributed by atoms with Crippen LogP contribution in [0, 0.1) is 0 Å². The summed E-state index contributed by atoms with van der Waals surface area (Å²) in [6.45, 7) is 5.06. The molecule has 0 aliphatic carbocycles. The zero-order valence-electron chi connectivity index (χ0n) is 12.9. The lowest BCUT2D eigenvalue weighted by Gasteiger charge is -2.35. The molecule has 2 amide bonds. The summed E-state index contributed by atoms with van der Waals surface area (Å²) in [5.74, 6) is 1.26. The van der Waals surface area contributed by atoms with Crippen molar-refractivity contribution >= 4 is 11.7 Å². The third kappa shape index (κ3) is 3.78. The summed E-state index contributed by atoms with van der Waals surface area (Å²) in [4.78, 5) is 14.1. The molecule has 0 spiro atoms. The Balaban J connectivity index is 2.11. The zero-order chi connectivity index (χ0) is 15.4. The van der Waals surface area contributed by atoms with E-state index in [9.17, 15) is 4.79 Å². The molecule has 1 saturated heterocycles. The van der Waals surface area contributed by atoms with Gasteiger partial charge in [0, 0.05) is 19.2 Å². The summed E-state index contributed by atoms with van der Waals surface area (Å²) in [5.41, 5.74) is 0.591. The van der Waals surface area contributed by atoms with Gasteiger partial charge in [0.15, 0.2) is 0 Å². The molecule has 1 N–H and O–H groups in total. The molecule has 1 heterocycles. The van der Waals surface area contributed by atoms with Gasteiger partial charge in [0.05, 0.1) is 32.1 Å². The fourth-order valence-electron chi connectivity index (χ4n) is 2.45. The maximum atomic E-state index is 12.4. The summed E-state index contributed by atoms with van der Waals surface area (Å²) in [6.07, 6.45) is 0.0680. The van der Waals surface area contributed by atoms with Gasteiger partial charge in [-0.2, -0.15) is 0 Å². The molecule has 0 saturated carbocycles. The van der Waals surface area contributed by atoms with E-state index < -0.39 is 0 Å². The molecule has 1 fully saturated rings. The second kappa shape index (κ2) is 6.67. The van der Waals surface area contributed by atoms with Gasteiger partial charge in [0.25, 0.3) is 0 Å². The van der Waals surface area contributed by atoms with Gasteiger partial charge in [0.1, 0.15) is 11.5 Å². The summed E-state index contributed by atoms with van der Waals surface area (Å²) >= 11 is 0. The average Bonchev–Trinajstić information content (AvgIpc) is 2.46. The van der Waals surface area contributed by atoms with Crippen molar-refractivity contribution in [2.45, 2.75) is 26.1 Å². The van der Waals surface area contributed by atoms with Crippen molar-refractivity contribution in [3.05, 3.63) is 18.2 Å². The fourth-order valence-corrected chi connectivity index (χ4v) is 2.45. The maximum absolute atomic E-state index is 12.4. The van der Waals surface area contributed by atoms with E-state index in [0.29, 0.717) is 30.3 Å². The first-order valence-electron chi connectivity index (χ1n) is 6.97. The molecule has 1 aliphatic rings. The number of carbonyl (C=O) groups excluding carboxylic acids is 1. The molecule has 2 atom stereocenters. The van der Waals surface area contributed by atoms with Crippen LogP contribution >= 0.6 is 0 Å². The highest BCUT2D eigenvalue weighted by Crippen LogP contribution is 2.29. The van der Waals surface area contributed by atoms with Crippen LogP contribution in [0.1, 0.15) is 13.8 Å². The Kier molecular flexibility index (Phi) is 4.90. The molecule has 0 bridgehead atoms. The molecule has 2 rings (SSSR count). The van der Waals surface area contributed by atoms with Crippen molar-refractivity contribution in [1.29, 1.82) is 0 Å². The minimum atomic E-state index is -0.163. The molecule has 116 valence electrons. The Morgan fingerprint density at radius 3 is 2.48 bits per heavy atom. The molecule has 6 nitrogen and oxygen atoms in total. The lowest BCUT2D eigenvalue weighted by Crippen LogP contribution is -2.49. The van der Waals surface area contributed by atoms with Crippen molar-refractivity contribution < 1.29 is 19.0 Å². The van der Waals surface area contributed by atoms with Gasteiger partial charge >= 0.3 is 6.03 Å². The second-order valence-corrected chi connectivity index (χ2v) is 5.16. The molecule has 0 radical (unpaired) electrons. The predicted octanol–water partition coefficient (Wildman–Crippen LogP) is 2.34. The molecule has 6 heteroatoms. The van der Waals surface area contributed by atoms with Crippen LogP contribution in [0.2, 0.25) is 0 Å². The third-order valence-corrected chi connectivity index (χ3v) is 3.36. The van der Waals surface area contributed by atoms with Crippen LogP contribution in [0.25, 0.3) is 0 Å². The van der Waals surface area contributed by atoms with Crippen LogP contribution in [-0.2, 0) is 4.74 Å². The lowest BCUT2D eigenvalue weighted by molar-refractivity contribution is -0.0530. The van der Waals surface area contributed by atoms with E-state index >= 15 is 0 Å². The first kappa shape index (κ1) is 15.4.